The smallest absolute Gasteiger partial charge is 0.264 e. The van der Waals surface area contributed by atoms with E-state index in [4.69, 9.17) is 15.4 Å². The van der Waals surface area contributed by atoms with E-state index in [-0.39, 0.29) is 18.9 Å². The van der Waals surface area contributed by atoms with Crippen LogP contribution in [0.15, 0.2) is 0 Å². The molecular formula is C6H16N2O5S. The first-order chi connectivity index (χ1) is 6.33. The van der Waals surface area contributed by atoms with Crippen molar-refractivity contribution >= 4 is 16.0 Å². The Kier molecular flexibility index (Phi) is 9.99. The predicted molar refractivity (Wildman–Crippen MR) is 51.2 cm³/mol. The van der Waals surface area contributed by atoms with Gasteiger partial charge in [-0.25, -0.2) is 0 Å². The number of nitrogens with one attached hydrogen (secondary N) is 1. The van der Waals surface area contributed by atoms with Crippen molar-refractivity contribution in [2.24, 2.45) is 5.73 Å². The van der Waals surface area contributed by atoms with Crippen LogP contribution in [0.25, 0.3) is 0 Å². The van der Waals surface area contributed by atoms with Crippen LogP contribution in [0.1, 0.15) is 6.92 Å². The molecule has 1 amide bonds. The van der Waals surface area contributed by atoms with Gasteiger partial charge in [-0.15, -0.1) is 0 Å². The van der Waals surface area contributed by atoms with Crippen molar-refractivity contribution in [3.63, 3.8) is 0 Å². The van der Waals surface area contributed by atoms with E-state index in [2.05, 4.69) is 5.32 Å². The average Bonchev–Trinajstić information content (AvgIpc) is 2.04. The zero-order valence-electron chi connectivity index (χ0n) is 7.93. The van der Waals surface area contributed by atoms with Gasteiger partial charge in [0.25, 0.3) is 10.1 Å². The molecule has 0 aromatic rings. The number of amides is 1. The van der Waals surface area contributed by atoms with Crippen molar-refractivity contribution in [1.82, 2.24) is 5.32 Å². The van der Waals surface area contributed by atoms with Gasteiger partial charge in [0.2, 0.25) is 5.91 Å². The highest BCUT2D eigenvalue weighted by Crippen LogP contribution is 1.74. The van der Waals surface area contributed by atoms with E-state index in [1.807, 2.05) is 0 Å². The number of aliphatic hydroxyl groups is 1. The number of carbonyl (C=O) groups is 1. The maximum atomic E-state index is 9.95. The number of nitrogens with two attached hydrogens (primary N) is 1. The molecule has 0 aliphatic rings. The summed E-state index contributed by atoms with van der Waals surface area (Å²) >= 11 is 0. The molecule has 8 heteroatoms. The quantitative estimate of drug-likeness (QED) is 0.316. The summed E-state index contributed by atoms with van der Waals surface area (Å²) in [6, 6.07) is 0. The zero-order chi connectivity index (χ0) is 11.6. The van der Waals surface area contributed by atoms with Crippen molar-refractivity contribution in [2.75, 3.05) is 25.4 Å². The Hall–Kier alpha value is -0.700. The molecule has 5 N–H and O–H groups in total. The van der Waals surface area contributed by atoms with E-state index in [1.165, 1.54) is 6.92 Å². The number of hydrogen-bond acceptors (Lipinski definition) is 5. The Morgan fingerprint density at radius 3 is 2.14 bits per heavy atom. The van der Waals surface area contributed by atoms with Gasteiger partial charge in [0.05, 0.1) is 18.9 Å². The number of primary amides is 1. The molecule has 0 saturated carbocycles. The Bertz CT molecular complexity index is 239. The molecule has 0 heterocycles. The molecule has 0 aliphatic heterocycles. The first-order valence-corrected chi connectivity index (χ1v) is 5.49. The third-order valence-electron chi connectivity index (χ3n) is 0.953. The van der Waals surface area contributed by atoms with Crippen LogP contribution in [0, 0.1) is 0 Å². The third kappa shape index (κ3) is 22.5. The lowest BCUT2D eigenvalue weighted by Crippen LogP contribution is -2.30. The van der Waals surface area contributed by atoms with Gasteiger partial charge >= 0.3 is 0 Å². The van der Waals surface area contributed by atoms with E-state index in [9.17, 15) is 13.2 Å². The Morgan fingerprint density at radius 1 is 1.50 bits per heavy atom. The third-order valence-corrected chi connectivity index (χ3v) is 1.68. The summed E-state index contributed by atoms with van der Waals surface area (Å²) in [6.45, 7) is 1.96. The second kappa shape index (κ2) is 8.88. The minimum Gasteiger partial charge on any atom is -0.395 e. The fraction of sp³-hybridized carbons (Fsp3) is 0.833. The van der Waals surface area contributed by atoms with Crippen LogP contribution in [0.5, 0.6) is 0 Å². The van der Waals surface area contributed by atoms with Crippen molar-refractivity contribution in [3.8, 4) is 0 Å². The van der Waals surface area contributed by atoms with Crippen molar-refractivity contribution in [3.05, 3.63) is 0 Å². The number of rotatable bonds is 5. The van der Waals surface area contributed by atoms with Crippen molar-refractivity contribution < 1.29 is 22.9 Å². The summed E-state index contributed by atoms with van der Waals surface area (Å²) in [7, 11) is -3.66. The van der Waals surface area contributed by atoms with E-state index in [1.54, 1.807) is 0 Å². The SMILES string of the molecule is CCS(=O)(=O)O.NC(=O)CNCCO. The Morgan fingerprint density at radius 2 is 1.93 bits per heavy atom. The van der Waals surface area contributed by atoms with Crippen LogP contribution < -0.4 is 11.1 Å². The van der Waals surface area contributed by atoms with Gasteiger partial charge in [-0.2, -0.15) is 8.42 Å². The fourth-order valence-corrected chi connectivity index (χ4v) is 0.291. The van der Waals surface area contributed by atoms with Gasteiger partial charge in [-0.1, -0.05) is 0 Å². The predicted octanol–water partition coefficient (Wildman–Crippen LogP) is -2.05. The van der Waals surface area contributed by atoms with E-state index in [0.29, 0.717) is 6.54 Å². The molecular weight excluding hydrogens is 212 g/mol. The largest absolute Gasteiger partial charge is 0.395 e. The van der Waals surface area contributed by atoms with E-state index >= 15 is 0 Å². The average molecular weight is 228 g/mol. The lowest BCUT2D eigenvalue weighted by molar-refractivity contribution is -0.117. The molecule has 0 spiro atoms. The summed E-state index contributed by atoms with van der Waals surface area (Å²) in [5.74, 6) is -0.606. The summed E-state index contributed by atoms with van der Waals surface area (Å²) in [5.41, 5.74) is 4.75. The minimum atomic E-state index is -3.66. The number of hydrogen-bond donors (Lipinski definition) is 4. The molecule has 0 unspecified atom stereocenters. The highest BCUT2D eigenvalue weighted by atomic mass is 32.2. The molecule has 0 saturated heterocycles. The highest BCUT2D eigenvalue weighted by molar-refractivity contribution is 7.85. The van der Waals surface area contributed by atoms with Gasteiger partial charge in [0, 0.05) is 6.54 Å². The maximum absolute atomic E-state index is 9.95. The molecule has 0 rings (SSSR count). The van der Waals surface area contributed by atoms with Gasteiger partial charge in [0.15, 0.2) is 0 Å². The summed E-state index contributed by atoms with van der Waals surface area (Å²) < 4.78 is 26.9. The molecule has 86 valence electrons. The monoisotopic (exact) mass is 228 g/mol. The minimum absolute atomic E-state index is 0.0350. The normalized spacial score (nSPS) is 10.2. The number of aliphatic hydroxyl groups excluding tert-OH is 1. The first-order valence-electron chi connectivity index (χ1n) is 3.88. The molecule has 0 aromatic heterocycles. The first kappa shape index (κ1) is 15.8. The van der Waals surface area contributed by atoms with Gasteiger partial charge < -0.3 is 16.2 Å². The summed E-state index contributed by atoms with van der Waals surface area (Å²) in [6.07, 6.45) is 0. The summed E-state index contributed by atoms with van der Waals surface area (Å²) in [5, 5.41) is 10.8. The second-order valence-corrected chi connectivity index (χ2v) is 3.98. The van der Waals surface area contributed by atoms with E-state index < -0.39 is 16.0 Å². The molecule has 0 bridgehead atoms. The molecule has 7 nitrogen and oxygen atoms in total. The van der Waals surface area contributed by atoms with Gasteiger partial charge in [-0.3, -0.25) is 9.35 Å². The van der Waals surface area contributed by atoms with Crippen LogP contribution >= 0.6 is 0 Å². The fourth-order valence-electron chi connectivity index (χ4n) is 0.291. The summed E-state index contributed by atoms with van der Waals surface area (Å²) in [4.78, 5) is 9.95. The van der Waals surface area contributed by atoms with Crippen molar-refractivity contribution in [1.29, 1.82) is 0 Å². The van der Waals surface area contributed by atoms with Gasteiger partial charge in [-0.05, 0) is 6.92 Å². The molecule has 0 radical (unpaired) electrons. The van der Waals surface area contributed by atoms with Crippen LogP contribution in [0.3, 0.4) is 0 Å². The molecule has 14 heavy (non-hydrogen) atoms. The maximum Gasteiger partial charge on any atom is 0.264 e. The lowest BCUT2D eigenvalue weighted by Gasteiger charge is -1.94. The van der Waals surface area contributed by atoms with Crippen molar-refractivity contribution in [2.45, 2.75) is 6.92 Å². The Balaban J connectivity index is 0. The second-order valence-electron chi connectivity index (χ2n) is 2.24. The van der Waals surface area contributed by atoms with Crippen LogP contribution in [0.4, 0.5) is 0 Å². The van der Waals surface area contributed by atoms with Crippen LogP contribution in [-0.2, 0) is 14.9 Å². The number of carbonyl (C=O) groups excluding carboxylic acids is 1. The molecule has 0 fully saturated rings. The zero-order valence-corrected chi connectivity index (χ0v) is 8.75. The molecule has 0 atom stereocenters. The van der Waals surface area contributed by atoms with Gasteiger partial charge in [0.1, 0.15) is 0 Å². The lowest BCUT2D eigenvalue weighted by atomic mass is 10.6. The molecule has 0 aromatic carbocycles. The standard InChI is InChI=1S/C4H10N2O2.C2H6O3S/c5-4(8)3-6-1-2-7;1-2-6(3,4)5/h6-7H,1-3H2,(H2,5,8);2H2,1H3,(H,3,4,5). The van der Waals surface area contributed by atoms with Crippen LogP contribution in [0.2, 0.25) is 0 Å². The molecule has 0 aliphatic carbocycles. The highest BCUT2D eigenvalue weighted by Gasteiger charge is 1.93. The van der Waals surface area contributed by atoms with E-state index in [0.717, 1.165) is 0 Å². The Labute approximate surface area is 83.0 Å². The topological polar surface area (TPSA) is 130 Å². The van der Waals surface area contributed by atoms with Crippen LogP contribution in [-0.4, -0.2) is 49.4 Å².